The van der Waals surface area contributed by atoms with Gasteiger partial charge in [0.05, 0.1) is 40.6 Å². The highest BCUT2D eigenvalue weighted by Gasteiger charge is 2.58. The van der Waals surface area contributed by atoms with Gasteiger partial charge in [0.1, 0.15) is 5.75 Å². The van der Waals surface area contributed by atoms with Crippen molar-refractivity contribution in [2.45, 2.75) is 45.1 Å². The molecule has 2 rings (SSSR count). The number of nitrogens with zero attached hydrogens (tertiary/aromatic N) is 1. The predicted molar refractivity (Wildman–Crippen MR) is 151 cm³/mol. The van der Waals surface area contributed by atoms with Crippen LogP contribution in [0.15, 0.2) is 59.6 Å². The van der Waals surface area contributed by atoms with Crippen molar-refractivity contribution in [1.29, 1.82) is 0 Å². The zero-order chi connectivity index (χ0) is 28.9. The Hall–Kier alpha value is -2.32. The molecule has 0 aliphatic rings. The van der Waals surface area contributed by atoms with Crippen LogP contribution >= 0.6 is 15.2 Å². The van der Waals surface area contributed by atoms with Crippen LogP contribution in [-0.2, 0) is 36.8 Å². The Morgan fingerprint density at radius 1 is 0.795 bits per heavy atom. The molecule has 216 valence electrons. The van der Waals surface area contributed by atoms with Gasteiger partial charge in [-0.15, -0.1) is 0 Å². The van der Waals surface area contributed by atoms with Gasteiger partial charge in [-0.25, -0.2) is 4.79 Å². The third kappa shape index (κ3) is 8.58. The van der Waals surface area contributed by atoms with E-state index in [0.29, 0.717) is 16.9 Å². The molecule has 0 heterocycles. The van der Waals surface area contributed by atoms with Crippen LogP contribution in [0.25, 0.3) is 0 Å². The predicted octanol–water partition coefficient (Wildman–Crippen LogP) is 6.30. The molecule has 12 heteroatoms. The Balaban J connectivity index is 2.94. The van der Waals surface area contributed by atoms with E-state index in [-0.39, 0.29) is 26.4 Å². The van der Waals surface area contributed by atoms with Gasteiger partial charge in [-0.2, -0.15) is 0 Å². The number of ether oxygens (including phenoxy) is 2. The van der Waals surface area contributed by atoms with Crippen molar-refractivity contribution in [3.8, 4) is 5.75 Å². The molecule has 2 aromatic carbocycles. The van der Waals surface area contributed by atoms with Gasteiger partial charge in [-0.3, -0.25) is 14.1 Å². The smallest absolute Gasteiger partial charge is 0.346 e. The zero-order valence-electron chi connectivity index (χ0n) is 23.3. The first-order valence-electron chi connectivity index (χ1n) is 12.8. The molecule has 0 aromatic heterocycles. The number of hydrogen-bond acceptors (Lipinski definition) is 10. The number of hydrogen-bond donors (Lipinski definition) is 0. The van der Waals surface area contributed by atoms with Gasteiger partial charge in [0.15, 0.2) is 11.4 Å². The van der Waals surface area contributed by atoms with E-state index >= 15 is 0 Å². The van der Waals surface area contributed by atoms with Crippen molar-refractivity contribution in [2.24, 2.45) is 4.99 Å². The summed E-state index contributed by atoms with van der Waals surface area (Å²) < 4.78 is 62.4. The van der Waals surface area contributed by atoms with E-state index in [1.54, 1.807) is 52.0 Å². The molecule has 0 saturated carbocycles. The Morgan fingerprint density at radius 3 is 1.69 bits per heavy atom. The molecule has 0 bridgehead atoms. The number of carbonyl (C=O) groups excluding carboxylic acids is 1. The van der Waals surface area contributed by atoms with E-state index < -0.39 is 38.5 Å². The SMILES string of the molecule is CCOP(=O)(OCC)C([C@H](c1ccc(OC)cc1)[C@H](N=Cc1ccccc1)C(=O)OC)P(=O)(OCC)OCC. The quantitative estimate of drug-likeness (QED) is 0.120. The highest BCUT2D eigenvalue weighted by atomic mass is 31.2. The monoisotopic (exact) mass is 583 g/mol. The Bertz CT molecular complexity index is 1090. The molecule has 0 radical (unpaired) electrons. The van der Waals surface area contributed by atoms with E-state index in [1.165, 1.54) is 20.4 Å². The van der Waals surface area contributed by atoms with Gasteiger partial charge >= 0.3 is 21.2 Å². The molecular weight excluding hydrogens is 544 g/mol. The van der Waals surface area contributed by atoms with Crippen LogP contribution in [0.3, 0.4) is 0 Å². The maximum absolute atomic E-state index is 14.5. The lowest BCUT2D eigenvalue weighted by atomic mass is 9.93. The molecule has 0 amide bonds. The minimum Gasteiger partial charge on any atom is -0.497 e. The van der Waals surface area contributed by atoms with Crippen molar-refractivity contribution in [2.75, 3.05) is 40.6 Å². The summed E-state index contributed by atoms with van der Waals surface area (Å²) in [5.41, 5.74) is 1.17. The second-order valence-electron chi connectivity index (χ2n) is 8.12. The summed E-state index contributed by atoms with van der Waals surface area (Å²) in [4.78, 5) is 17.9. The van der Waals surface area contributed by atoms with Crippen LogP contribution in [0.5, 0.6) is 5.75 Å². The second kappa shape index (κ2) is 16.1. The third-order valence-corrected chi connectivity index (χ3v) is 11.8. The molecule has 0 saturated heterocycles. The molecule has 39 heavy (non-hydrogen) atoms. The van der Waals surface area contributed by atoms with Crippen LogP contribution in [0.2, 0.25) is 0 Å². The highest BCUT2D eigenvalue weighted by molar-refractivity contribution is 7.72. The van der Waals surface area contributed by atoms with E-state index in [0.717, 1.165) is 0 Å². The zero-order valence-corrected chi connectivity index (χ0v) is 25.1. The summed E-state index contributed by atoms with van der Waals surface area (Å²) in [6.07, 6.45) is 1.51. The summed E-state index contributed by atoms with van der Waals surface area (Å²) >= 11 is 0. The van der Waals surface area contributed by atoms with Gasteiger partial charge in [0.25, 0.3) is 0 Å². The van der Waals surface area contributed by atoms with Crippen LogP contribution < -0.4 is 4.74 Å². The Kier molecular flexibility index (Phi) is 13.5. The Labute approximate surface area is 231 Å². The number of rotatable bonds is 17. The third-order valence-electron chi connectivity index (χ3n) is 5.67. The average molecular weight is 584 g/mol. The number of benzene rings is 2. The van der Waals surface area contributed by atoms with Gasteiger partial charge < -0.3 is 27.6 Å². The molecule has 10 nitrogen and oxygen atoms in total. The summed E-state index contributed by atoms with van der Waals surface area (Å²) in [5.74, 6) is -1.37. The maximum atomic E-state index is 14.5. The van der Waals surface area contributed by atoms with Crippen LogP contribution in [0.4, 0.5) is 0 Å². The second-order valence-corrected chi connectivity index (χ2v) is 12.8. The molecule has 2 atom stereocenters. The van der Waals surface area contributed by atoms with Gasteiger partial charge in [-0.1, -0.05) is 42.5 Å². The lowest BCUT2D eigenvalue weighted by Gasteiger charge is -2.38. The van der Waals surface area contributed by atoms with E-state index in [2.05, 4.69) is 4.99 Å². The normalized spacial score (nSPS) is 13.9. The highest BCUT2D eigenvalue weighted by Crippen LogP contribution is 2.74. The summed E-state index contributed by atoms with van der Waals surface area (Å²) in [6.45, 7) is 6.50. The summed E-state index contributed by atoms with van der Waals surface area (Å²) in [5, 5.41) is -1.56. The molecule has 0 aliphatic heterocycles. The first-order chi connectivity index (χ1) is 18.7. The van der Waals surface area contributed by atoms with Crippen molar-refractivity contribution in [3.63, 3.8) is 0 Å². The molecular formula is C27H39NO9P2. The number of aliphatic imine (C=N–C) groups is 1. The Morgan fingerprint density at radius 2 is 1.28 bits per heavy atom. The average Bonchev–Trinajstić information content (AvgIpc) is 2.93. The topological polar surface area (TPSA) is 119 Å². The van der Waals surface area contributed by atoms with Crippen LogP contribution in [0, 0.1) is 0 Å². The fraction of sp³-hybridized carbons (Fsp3) is 0.481. The van der Waals surface area contributed by atoms with Crippen molar-refractivity contribution in [1.82, 2.24) is 0 Å². The largest absolute Gasteiger partial charge is 0.497 e. The first kappa shape index (κ1) is 32.9. The minimum absolute atomic E-state index is 0.0163. The van der Waals surface area contributed by atoms with E-state index in [1.807, 2.05) is 30.3 Å². The molecule has 0 N–H and O–H groups in total. The first-order valence-corrected chi connectivity index (χ1v) is 16.0. The maximum Gasteiger partial charge on any atom is 0.346 e. The fourth-order valence-electron chi connectivity index (χ4n) is 4.14. The molecule has 0 spiro atoms. The lowest BCUT2D eigenvalue weighted by Crippen LogP contribution is -2.37. The van der Waals surface area contributed by atoms with Crippen LogP contribution in [-0.4, -0.2) is 64.3 Å². The van der Waals surface area contributed by atoms with Crippen molar-refractivity contribution < 1.29 is 41.5 Å². The number of esters is 1. The van der Waals surface area contributed by atoms with Crippen LogP contribution in [0.1, 0.15) is 44.7 Å². The number of methoxy groups -OCH3 is 2. The molecule has 0 aliphatic carbocycles. The summed E-state index contributed by atoms with van der Waals surface area (Å²) in [6, 6.07) is 14.5. The van der Waals surface area contributed by atoms with E-state index in [9.17, 15) is 13.9 Å². The van der Waals surface area contributed by atoms with Crippen molar-refractivity contribution in [3.05, 3.63) is 65.7 Å². The van der Waals surface area contributed by atoms with Gasteiger partial charge in [-0.05, 0) is 51.0 Å². The standard InChI is InChI=1S/C27H39NO9P2/c1-7-34-38(30,35-8-2)27(39(31,36-9-3)37-10-4)24(22-16-18-23(32-5)19-17-22)25(26(29)33-6)28-20-21-14-12-11-13-15-21/h11-20,24-25,27H,7-10H2,1-6H3/t24-,25+/m1/s1. The molecule has 0 fully saturated rings. The van der Waals surface area contributed by atoms with E-state index in [4.69, 9.17) is 27.6 Å². The minimum atomic E-state index is -4.28. The summed E-state index contributed by atoms with van der Waals surface area (Å²) in [7, 11) is -5.81. The van der Waals surface area contributed by atoms with Crippen molar-refractivity contribution >= 4 is 27.4 Å². The lowest BCUT2D eigenvalue weighted by molar-refractivity contribution is -0.142. The fourth-order valence-corrected chi connectivity index (χ4v) is 9.98. The molecule has 2 aromatic rings. The van der Waals surface area contributed by atoms with Gasteiger partial charge in [0, 0.05) is 12.1 Å². The molecule has 0 unspecified atom stereocenters. The number of carbonyl (C=O) groups is 1. The van der Waals surface area contributed by atoms with Gasteiger partial charge in [0.2, 0.25) is 0 Å².